The number of hydrogen-bond acceptors (Lipinski definition) is 0. The van der Waals surface area contributed by atoms with E-state index in [9.17, 15) is 0 Å². The van der Waals surface area contributed by atoms with Crippen LogP contribution in [0.25, 0.3) is 82.8 Å². The Balaban J connectivity index is 0.000000157. The SMILES string of the molecule is C=CC.Cc1ccc2c(c1)-c1ccccc1C2(C)C.Cc1cccc(-c2cccc(-c3ccc4c(c3)c3ccccc3n4-c3ccc4c(c3)-c3ccccc3C4(C)C)c2)c1.Cc1cccc2ccccc12. The molecule has 0 fully saturated rings. The van der Waals surface area contributed by atoms with Gasteiger partial charge in [0.05, 0.1) is 11.0 Å². The van der Waals surface area contributed by atoms with Gasteiger partial charge < -0.3 is 4.57 Å². The fraction of sp³-hybridized carbons (Fsp3) is 0.143. The molecule has 1 aromatic heterocycles. The van der Waals surface area contributed by atoms with Gasteiger partial charge in [0, 0.05) is 27.3 Å². The van der Waals surface area contributed by atoms with Crippen molar-refractivity contribution in [3.05, 3.63) is 270 Å². The van der Waals surface area contributed by atoms with Crippen LogP contribution >= 0.6 is 0 Å². The fourth-order valence-electron chi connectivity index (χ4n) is 11.2. The molecule has 13 rings (SSSR count). The summed E-state index contributed by atoms with van der Waals surface area (Å²) in [5, 5.41) is 5.24. The highest BCUT2D eigenvalue weighted by molar-refractivity contribution is 6.10. The summed E-state index contributed by atoms with van der Waals surface area (Å²) in [7, 11) is 0. The summed E-state index contributed by atoms with van der Waals surface area (Å²) in [6.07, 6.45) is 1.75. The molecular weight excluding hydrogens is 855 g/mol. The summed E-state index contributed by atoms with van der Waals surface area (Å²) in [6.45, 7) is 21.0. The van der Waals surface area contributed by atoms with Crippen molar-refractivity contribution in [2.24, 2.45) is 0 Å². The molecule has 11 aromatic rings. The Labute approximate surface area is 421 Å². The molecule has 0 spiro atoms. The molecule has 2 aliphatic carbocycles. The largest absolute Gasteiger partial charge is 0.309 e. The summed E-state index contributed by atoms with van der Waals surface area (Å²) in [5.41, 5.74) is 24.0. The average Bonchev–Trinajstić information content (AvgIpc) is 3.93. The molecule has 1 heteroatoms. The van der Waals surface area contributed by atoms with E-state index in [0.717, 1.165) is 0 Å². The standard InChI is InChI=1S/C40H31N.C16H16.C11H10.C3H6/c1-26-10-8-11-27(22-26)28-12-9-13-29(23-28)30-18-21-39-35(24-30)33-15-5-7-17-38(33)41(39)31-19-20-37-34(25-31)32-14-4-6-16-36(32)40(37,2)3;1-11-8-9-15-13(10-11)12-6-4-5-7-14(12)16(15,2)3;1-9-5-4-7-10-6-2-3-8-11(9)10;1-3-2/h4-25H,1-3H3;4-10H,1-3H3;2-8H,1H3;3H,1H2,2H3. The fourth-order valence-corrected chi connectivity index (χ4v) is 11.2. The molecule has 10 aromatic carbocycles. The Morgan fingerprint density at radius 3 is 1.51 bits per heavy atom. The zero-order valence-electron chi connectivity index (χ0n) is 42.5. The number of aryl methyl sites for hydroxylation is 3. The molecule has 0 radical (unpaired) electrons. The summed E-state index contributed by atoms with van der Waals surface area (Å²) >= 11 is 0. The maximum Gasteiger partial charge on any atom is 0.0541 e. The van der Waals surface area contributed by atoms with E-state index in [1.807, 2.05) is 6.92 Å². The molecule has 71 heavy (non-hydrogen) atoms. The Kier molecular flexibility index (Phi) is 12.5. The molecular formula is C70H63N. The maximum atomic E-state index is 3.36. The molecule has 0 saturated carbocycles. The first-order chi connectivity index (χ1) is 34.4. The molecule has 1 heterocycles. The lowest BCUT2D eigenvalue weighted by Crippen LogP contribution is -2.14. The number of benzene rings is 10. The molecule has 0 amide bonds. The third kappa shape index (κ3) is 8.61. The molecule has 348 valence electrons. The van der Waals surface area contributed by atoms with Crippen molar-refractivity contribution < 1.29 is 0 Å². The van der Waals surface area contributed by atoms with Crippen molar-refractivity contribution in [2.75, 3.05) is 0 Å². The summed E-state index contributed by atoms with van der Waals surface area (Å²) < 4.78 is 2.44. The van der Waals surface area contributed by atoms with Gasteiger partial charge in [0.2, 0.25) is 0 Å². The number of hydrogen-bond donors (Lipinski definition) is 0. The van der Waals surface area contributed by atoms with Crippen molar-refractivity contribution in [3.8, 4) is 50.2 Å². The Bertz CT molecular complexity index is 3770. The predicted octanol–water partition coefficient (Wildman–Crippen LogP) is 19.4. The van der Waals surface area contributed by atoms with Crippen LogP contribution in [-0.4, -0.2) is 4.57 Å². The van der Waals surface area contributed by atoms with Crippen LogP contribution < -0.4 is 0 Å². The number of nitrogens with zero attached hydrogens (tertiary/aromatic N) is 1. The lowest BCUT2D eigenvalue weighted by Gasteiger charge is -2.21. The highest BCUT2D eigenvalue weighted by Gasteiger charge is 2.36. The molecule has 0 unspecified atom stereocenters. The van der Waals surface area contributed by atoms with Gasteiger partial charge in [-0.3, -0.25) is 0 Å². The van der Waals surface area contributed by atoms with E-state index in [1.165, 1.54) is 122 Å². The Hall–Kier alpha value is -8.00. The zero-order chi connectivity index (χ0) is 49.4. The van der Waals surface area contributed by atoms with Gasteiger partial charge in [0.15, 0.2) is 0 Å². The first-order valence-corrected chi connectivity index (χ1v) is 25.1. The second kappa shape index (κ2) is 19.1. The number of fused-ring (bicyclic) bond motifs is 10. The first kappa shape index (κ1) is 46.7. The van der Waals surface area contributed by atoms with Gasteiger partial charge in [0.25, 0.3) is 0 Å². The summed E-state index contributed by atoms with van der Waals surface area (Å²) in [4.78, 5) is 0. The van der Waals surface area contributed by atoms with Gasteiger partial charge in [-0.15, -0.1) is 6.58 Å². The summed E-state index contributed by atoms with van der Waals surface area (Å²) in [5.74, 6) is 0. The molecule has 0 atom stereocenters. The monoisotopic (exact) mass is 917 g/mol. The second-order valence-corrected chi connectivity index (χ2v) is 20.4. The third-order valence-electron chi connectivity index (χ3n) is 14.8. The van der Waals surface area contributed by atoms with Crippen LogP contribution in [0.1, 0.15) is 73.6 Å². The minimum absolute atomic E-state index is 0.00711. The van der Waals surface area contributed by atoms with E-state index in [-0.39, 0.29) is 10.8 Å². The smallest absolute Gasteiger partial charge is 0.0541 e. The van der Waals surface area contributed by atoms with Gasteiger partial charge in [-0.2, -0.15) is 0 Å². The van der Waals surface area contributed by atoms with E-state index < -0.39 is 0 Å². The van der Waals surface area contributed by atoms with Crippen molar-refractivity contribution in [2.45, 2.75) is 66.2 Å². The molecule has 1 nitrogen and oxygen atoms in total. The topological polar surface area (TPSA) is 4.93 Å². The van der Waals surface area contributed by atoms with Crippen molar-refractivity contribution in [3.63, 3.8) is 0 Å². The number of aromatic nitrogens is 1. The second-order valence-electron chi connectivity index (χ2n) is 20.4. The molecule has 0 N–H and O–H groups in total. The van der Waals surface area contributed by atoms with Crippen LogP contribution in [-0.2, 0) is 10.8 Å². The van der Waals surface area contributed by atoms with Crippen LogP contribution in [0.3, 0.4) is 0 Å². The number of rotatable bonds is 3. The zero-order valence-corrected chi connectivity index (χ0v) is 42.5. The predicted molar refractivity (Wildman–Crippen MR) is 307 cm³/mol. The van der Waals surface area contributed by atoms with Gasteiger partial charge in [-0.05, 0) is 147 Å². The highest BCUT2D eigenvalue weighted by Crippen LogP contribution is 2.50. The highest BCUT2D eigenvalue weighted by atomic mass is 15.0. The van der Waals surface area contributed by atoms with Gasteiger partial charge in [0.1, 0.15) is 0 Å². The maximum absolute atomic E-state index is 3.36. The van der Waals surface area contributed by atoms with Crippen molar-refractivity contribution in [1.29, 1.82) is 0 Å². The van der Waals surface area contributed by atoms with Crippen molar-refractivity contribution >= 4 is 32.6 Å². The van der Waals surface area contributed by atoms with Crippen LogP contribution in [0, 0.1) is 20.8 Å². The minimum Gasteiger partial charge on any atom is -0.309 e. The first-order valence-electron chi connectivity index (χ1n) is 25.1. The molecule has 0 bridgehead atoms. The third-order valence-corrected chi connectivity index (χ3v) is 14.8. The number of para-hydroxylation sites is 1. The Morgan fingerprint density at radius 2 is 0.845 bits per heavy atom. The van der Waals surface area contributed by atoms with Crippen LogP contribution in [0.15, 0.2) is 231 Å². The van der Waals surface area contributed by atoms with Crippen LogP contribution in [0.2, 0.25) is 0 Å². The minimum atomic E-state index is 0.00711. The van der Waals surface area contributed by atoms with E-state index in [4.69, 9.17) is 0 Å². The van der Waals surface area contributed by atoms with E-state index in [2.05, 4.69) is 278 Å². The van der Waals surface area contributed by atoms with Crippen LogP contribution in [0.4, 0.5) is 0 Å². The van der Waals surface area contributed by atoms with E-state index in [1.54, 1.807) is 6.08 Å². The van der Waals surface area contributed by atoms with Crippen molar-refractivity contribution in [1.82, 2.24) is 4.57 Å². The lowest BCUT2D eigenvalue weighted by molar-refractivity contribution is 0.660. The van der Waals surface area contributed by atoms with Crippen LogP contribution in [0.5, 0.6) is 0 Å². The average molecular weight is 918 g/mol. The molecule has 2 aliphatic rings. The Morgan fingerprint density at radius 1 is 0.366 bits per heavy atom. The molecule has 0 aliphatic heterocycles. The quantitative estimate of drug-likeness (QED) is 0.156. The normalized spacial score (nSPS) is 13.1. The van der Waals surface area contributed by atoms with Gasteiger partial charge in [-0.25, -0.2) is 0 Å². The van der Waals surface area contributed by atoms with Gasteiger partial charge >= 0.3 is 0 Å². The number of allylic oxidation sites excluding steroid dienone is 1. The van der Waals surface area contributed by atoms with E-state index in [0.29, 0.717) is 0 Å². The summed E-state index contributed by atoms with van der Waals surface area (Å²) in [6, 6.07) is 79.7. The molecule has 0 saturated heterocycles. The van der Waals surface area contributed by atoms with E-state index >= 15 is 0 Å². The van der Waals surface area contributed by atoms with Gasteiger partial charge in [-0.1, -0.05) is 227 Å². The lowest BCUT2D eigenvalue weighted by atomic mass is 9.82.